The maximum atomic E-state index is 13.7. The van der Waals surface area contributed by atoms with Crippen molar-refractivity contribution in [2.24, 2.45) is 0 Å². The summed E-state index contributed by atoms with van der Waals surface area (Å²) in [6, 6.07) is 18.6. The molecule has 0 bridgehead atoms. The van der Waals surface area contributed by atoms with Gasteiger partial charge < -0.3 is 14.8 Å². The van der Waals surface area contributed by atoms with Crippen molar-refractivity contribution >= 4 is 54.6 Å². The summed E-state index contributed by atoms with van der Waals surface area (Å²) >= 11 is 6.00. The number of halogens is 1. The number of sulfonamides is 2. The molecular weight excluding hydrogens is 592 g/mol. The number of anilines is 3. The number of nitrogens with one attached hydrogen (secondary N) is 2. The van der Waals surface area contributed by atoms with E-state index >= 15 is 0 Å². The van der Waals surface area contributed by atoms with Gasteiger partial charge in [-0.2, -0.15) is 0 Å². The van der Waals surface area contributed by atoms with E-state index in [-0.39, 0.29) is 26.9 Å². The lowest BCUT2D eigenvalue weighted by Gasteiger charge is -2.24. The van der Waals surface area contributed by atoms with Crippen molar-refractivity contribution < 1.29 is 31.1 Å². The summed E-state index contributed by atoms with van der Waals surface area (Å²) in [4.78, 5) is 16.8. The van der Waals surface area contributed by atoms with Gasteiger partial charge in [0.2, 0.25) is 5.91 Å². The van der Waals surface area contributed by atoms with Crippen LogP contribution in [0.25, 0.3) is 0 Å². The number of pyridine rings is 1. The van der Waals surface area contributed by atoms with Crippen molar-refractivity contribution in [1.82, 2.24) is 4.98 Å². The highest BCUT2D eigenvalue weighted by atomic mass is 35.5. The van der Waals surface area contributed by atoms with Crippen LogP contribution in [0.2, 0.25) is 5.02 Å². The van der Waals surface area contributed by atoms with E-state index in [0.717, 1.165) is 4.31 Å². The Labute approximate surface area is 242 Å². The van der Waals surface area contributed by atoms with Crippen LogP contribution >= 0.6 is 11.6 Å². The number of hydrogen-bond acceptors (Lipinski definition) is 8. The summed E-state index contributed by atoms with van der Waals surface area (Å²) in [6.07, 6.45) is 2.89. The van der Waals surface area contributed by atoms with Crippen LogP contribution < -0.4 is 23.8 Å². The van der Waals surface area contributed by atoms with E-state index in [4.69, 9.17) is 21.1 Å². The van der Waals surface area contributed by atoms with E-state index in [0.29, 0.717) is 16.5 Å². The average Bonchev–Trinajstić information content (AvgIpc) is 2.96. The third kappa shape index (κ3) is 7.06. The van der Waals surface area contributed by atoms with Gasteiger partial charge in [0.05, 0.1) is 41.6 Å². The predicted octanol–water partition coefficient (Wildman–Crippen LogP) is 4.39. The van der Waals surface area contributed by atoms with Crippen LogP contribution in [0.4, 0.5) is 17.1 Å². The fourth-order valence-corrected chi connectivity index (χ4v) is 6.32. The highest BCUT2D eigenvalue weighted by Crippen LogP contribution is 2.32. The number of carbonyl (C=O) groups is 1. The molecular formula is C27H25ClN4O7S2. The predicted molar refractivity (Wildman–Crippen MR) is 156 cm³/mol. The molecule has 11 nitrogen and oxygen atoms in total. The van der Waals surface area contributed by atoms with E-state index in [1.54, 1.807) is 12.1 Å². The van der Waals surface area contributed by atoms with Gasteiger partial charge in [-0.25, -0.2) is 16.8 Å². The molecule has 0 aliphatic heterocycles. The average molecular weight is 617 g/mol. The van der Waals surface area contributed by atoms with Crippen LogP contribution in [-0.2, 0) is 24.8 Å². The van der Waals surface area contributed by atoms with Crippen LogP contribution in [0.1, 0.15) is 0 Å². The van der Waals surface area contributed by atoms with Gasteiger partial charge >= 0.3 is 0 Å². The number of methoxy groups -OCH3 is 2. The third-order valence-electron chi connectivity index (χ3n) is 5.71. The monoisotopic (exact) mass is 616 g/mol. The van der Waals surface area contributed by atoms with E-state index in [1.165, 1.54) is 93.3 Å². The molecule has 214 valence electrons. The molecule has 0 radical (unpaired) electrons. The van der Waals surface area contributed by atoms with Gasteiger partial charge in [0.15, 0.2) is 11.5 Å². The Hall–Kier alpha value is -4.33. The Bertz CT molecular complexity index is 1740. The minimum absolute atomic E-state index is 0.0434. The number of amides is 1. The van der Waals surface area contributed by atoms with Gasteiger partial charge in [0.1, 0.15) is 6.54 Å². The summed E-state index contributed by atoms with van der Waals surface area (Å²) in [5, 5.41) is 2.99. The maximum Gasteiger partial charge on any atom is 0.264 e. The van der Waals surface area contributed by atoms with E-state index in [2.05, 4.69) is 15.0 Å². The molecule has 14 heteroatoms. The van der Waals surface area contributed by atoms with E-state index in [1.807, 2.05) is 0 Å². The van der Waals surface area contributed by atoms with Gasteiger partial charge in [-0.05, 0) is 72.8 Å². The fraction of sp³-hybridized carbons (Fsp3) is 0.111. The van der Waals surface area contributed by atoms with Crippen molar-refractivity contribution in [2.75, 3.05) is 35.1 Å². The normalized spacial score (nSPS) is 11.4. The molecule has 2 N–H and O–H groups in total. The first kappa shape index (κ1) is 29.6. The number of rotatable bonds is 11. The van der Waals surface area contributed by atoms with Gasteiger partial charge in [-0.1, -0.05) is 11.6 Å². The minimum atomic E-state index is -4.27. The third-order valence-corrected chi connectivity index (χ3v) is 9.13. The molecule has 0 saturated carbocycles. The summed E-state index contributed by atoms with van der Waals surface area (Å²) in [5.74, 6) is -0.140. The quantitative estimate of drug-likeness (QED) is 0.253. The molecule has 41 heavy (non-hydrogen) atoms. The smallest absolute Gasteiger partial charge is 0.264 e. The molecule has 4 aromatic rings. The Morgan fingerprint density at radius 1 is 0.854 bits per heavy atom. The van der Waals surface area contributed by atoms with E-state index in [9.17, 15) is 21.6 Å². The zero-order valence-electron chi connectivity index (χ0n) is 21.8. The van der Waals surface area contributed by atoms with Crippen LogP contribution in [0, 0.1) is 0 Å². The molecule has 0 spiro atoms. The zero-order chi connectivity index (χ0) is 29.6. The van der Waals surface area contributed by atoms with Gasteiger partial charge in [0.25, 0.3) is 20.0 Å². The number of aromatic nitrogens is 1. The number of ether oxygens (including phenoxy) is 2. The molecule has 0 aliphatic carbocycles. The number of carbonyl (C=O) groups excluding carboxylic acids is 1. The second kappa shape index (κ2) is 12.5. The lowest BCUT2D eigenvalue weighted by Crippen LogP contribution is -2.38. The largest absolute Gasteiger partial charge is 0.493 e. The standard InChI is InChI=1S/C27H25ClN4O7S2/c1-38-25-14-13-24(16-26(25)39-2)41(36,37)32(22-9-5-19(28)6-10-22)18-27(33)30-20-7-11-23(12-8-20)40(34,35)31-21-4-3-15-29-17-21/h3-17,31H,18H2,1-2H3,(H,30,33). The first-order valence-electron chi connectivity index (χ1n) is 11.9. The molecule has 3 aromatic carbocycles. The lowest BCUT2D eigenvalue weighted by atomic mass is 10.3. The van der Waals surface area contributed by atoms with Crippen LogP contribution in [-0.4, -0.2) is 48.5 Å². The van der Waals surface area contributed by atoms with Crippen molar-refractivity contribution in [3.63, 3.8) is 0 Å². The van der Waals surface area contributed by atoms with Crippen molar-refractivity contribution in [3.8, 4) is 11.5 Å². The van der Waals surface area contributed by atoms with Gasteiger partial charge in [-0.15, -0.1) is 0 Å². The second-order valence-electron chi connectivity index (χ2n) is 8.42. The first-order valence-corrected chi connectivity index (χ1v) is 15.2. The molecule has 1 amide bonds. The van der Waals surface area contributed by atoms with Crippen molar-refractivity contribution in [2.45, 2.75) is 9.79 Å². The SMILES string of the molecule is COc1ccc(S(=O)(=O)N(CC(=O)Nc2ccc(S(=O)(=O)Nc3cccnc3)cc2)c2ccc(Cl)cc2)cc1OC. The molecule has 0 atom stereocenters. The van der Waals surface area contributed by atoms with Gasteiger partial charge in [0, 0.05) is 23.0 Å². The number of hydrogen-bond donors (Lipinski definition) is 2. The molecule has 1 aromatic heterocycles. The molecule has 0 unspecified atom stereocenters. The van der Waals surface area contributed by atoms with E-state index < -0.39 is 32.5 Å². The second-order valence-corrected chi connectivity index (χ2v) is 12.4. The van der Waals surface area contributed by atoms with Crippen molar-refractivity contribution in [1.29, 1.82) is 0 Å². The Kier molecular flexibility index (Phi) is 9.01. The fourth-order valence-electron chi connectivity index (χ4n) is 3.71. The highest BCUT2D eigenvalue weighted by molar-refractivity contribution is 7.93. The Morgan fingerprint density at radius 3 is 2.12 bits per heavy atom. The van der Waals surface area contributed by atoms with Crippen LogP contribution in [0.3, 0.4) is 0 Å². The Morgan fingerprint density at radius 2 is 1.51 bits per heavy atom. The van der Waals surface area contributed by atoms with Crippen molar-refractivity contribution in [3.05, 3.63) is 96.3 Å². The summed E-state index contributed by atoms with van der Waals surface area (Å²) in [6.45, 7) is -0.596. The maximum absolute atomic E-state index is 13.7. The molecule has 4 rings (SSSR count). The molecule has 0 saturated heterocycles. The molecule has 0 aliphatic rings. The minimum Gasteiger partial charge on any atom is -0.493 e. The Balaban J connectivity index is 1.56. The molecule has 0 fully saturated rings. The zero-order valence-corrected chi connectivity index (χ0v) is 24.2. The summed E-state index contributed by atoms with van der Waals surface area (Å²) in [5.41, 5.74) is 0.750. The molecule has 1 heterocycles. The first-order chi connectivity index (χ1) is 19.5. The van der Waals surface area contributed by atoms with Crippen LogP contribution in [0.15, 0.2) is 101 Å². The van der Waals surface area contributed by atoms with Crippen LogP contribution in [0.5, 0.6) is 11.5 Å². The van der Waals surface area contributed by atoms with Gasteiger partial charge in [-0.3, -0.25) is 18.8 Å². The number of nitrogens with zero attached hydrogens (tertiary/aromatic N) is 2. The summed E-state index contributed by atoms with van der Waals surface area (Å²) in [7, 11) is -5.36. The lowest BCUT2D eigenvalue weighted by molar-refractivity contribution is -0.114. The summed E-state index contributed by atoms with van der Waals surface area (Å²) < 4.78 is 66.5. The highest BCUT2D eigenvalue weighted by Gasteiger charge is 2.28. The number of benzene rings is 3. The topological polar surface area (TPSA) is 144 Å².